The molecule has 2 atom stereocenters. The molecule has 0 aliphatic carbocycles. The highest BCUT2D eigenvalue weighted by Gasteiger charge is 2.41. The van der Waals surface area contributed by atoms with Crippen molar-refractivity contribution >= 4 is 51.0 Å². The molecule has 4 aliphatic heterocycles. The van der Waals surface area contributed by atoms with E-state index in [-0.39, 0.29) is 42.2 Å². The number of hydrogen-bond donors (Lipinski definition) is 3. The molecule has 4 saturated heterocycles. The zero-order valence-corrected chi connectivity index (χ0v) is 23.7. The Morgan fingerprint density at radius 3 is 1.57 bits per heavy atom. The van der Waals surface area contributed by atoms with Crippen LogP contribution in [0.1, 0.15) is 33.6 Å². The molecule has 1 amide bonds. The maximum absolute atomic E-state index is 11.8. The number of nitrogens with two attached hydrogens (primary N) is 2. The van der Waals surface area contributed by atoms with E-state index in [2.05, 4.69) is 15.1 Å². The van der Waals surface area contributed by atoms with E-state index in [0.29, 0.717) is 51.6 Å². The molecule has 0 aromatic carbocycles. The van der Waals surface area contributed by atoms with Gasteiger partial charge in [-0.05, 0) is 46.7 Å². The number of nitrogens with one attached hydrogen (secondary N) is 1. The van der Waals surface area contributed by atoms with E-state index >= 15 is 0 Å². The Bertz CT molecular complexity index is 923. The molecule has 4 heterocycles. The van der Waals surface area contributed by atoms with Gasteiger partial charge >= 0.3 is 6.09 Å². The summed E-state index contributed by atoms with van der Waals surface area (Å²) < 4.78 is 50.0. The SMILES string of the molecule is CC(C)(C)OC(=O)N1CC(N2CCC(S(N)(=O)=O)C2)C1.Cl.Cl.NS(=O)(=O)C1CCN(C2CNC2)C1. The summed E-state index contributed by atoms with van der Waals surface area (Å²) in [5.74, 6) is 0. The number of likely N-dealkylation sites (tertiary alicyclic amines) is 3. The smallest absolute Gasteiger partial charge is 0.410 e. The van der Waals surface area contributed by atoms with Gasteiger partial charge in [0, 0.05) is 51.4 Å². The van der Waals surface area contributed by atoms with E-state index in [1.807, 2.05) is 20.8 Å². The van der Waals surface area contributed by atoms with E-state index < -0.39 is 30.9 Å². The van der Waals surface area contributed by atoms with Crippen molar-refractivity contribution in [2.45, 2.75) is 61.8 Å². The maximum Gasteiger partial charge on any atom is 0.410 e. The minimum atomic E-state index is -3.45. The summed E-state index contributed by atoms with van der Waals surface area (Å²) in [6.07, 6.45) is 0.952. The highest BCUT2D eigenvalue weighted by atomic mass is 35.5. The molecule has 2 unspecified atom stereocenters. The van der Waals surface area contributed by atoms with Gasteiger partial charge in [-0.25, -0.2) is 31.9 Å². The Kier molecular flexibility index (Phi) is 11.5. The molecule has 0 aromatic rings. The van der Waals surface area contributed by atoms with Gasteiger partial charge in [-0.15, -0.1) is 24.8 Å². The molecular weight excluding hydrogens is 543 g/mol. The van der Waals surface area contributed by atoms with Crippen molar-refractivity contribution < 1.29 is 26.4 Å². The van der Waals surface area contributed by atoms with E-state index in [4.69, 9.17) is 15.0 Å². The third kappa shape index (κ3) is 9.11. The average Bonchev–Trinajstić information content (AvgIpc) is 3.19. The van der Waals surface area contributed by atoms with Crippen LogP contribution in [-0.2, 0) is 24.8 Å². The first-order chi connectivity index (χ1) is 15.1. The van der Waals surface area contributed by atoms with Crippen molar-refractivity contribution in [3.05, 3.63) is 0 Å². The zero-order chi connectivity index (χ0) is 24.6. The number of halogens is 2. The third-order valence-corrected chi connectivity index (χ3v) is 9.22. The van der Waals surface area contributed by atoms with Crippen LogP contribution in [0.25, 0.3) is 0 Å². The topological polar surface area (TPSA) is 168 Å². The van der Waals surface area contributed by atoms with Gasteiger partial charge < -0.3 is 15.0 Å². The summed E-state index contributed by atoms with van der Waals surface area (Å²) in [4.78, 5) is 17.7. The van der Waals surface area contributed by atoms with Crippen molar-refractivity contribution in [3.63, 3.8) is 0 Å². The monoisotopic (exact) mass is 582 g/mol. The number of rotatable bonds is 4. The van der Waals surface area contributed by atoms with Crippen molar-refractivity contribution in [1.29, 1.82) is 0 Å². The Labute approximate surface area is 221 Å². The minimum Gasteiger partial charge on any atom is -0.444 e. The first-order valence-corrected chi connectivity index (χ1v) is 14.6. The standard InChI is InChI=1S/C12H23N3O4S.C7H15N3O2S.2ClH/c1-12(2,3)19-11(16)15-6-9(7-15)14-5-4-10(8-14)20(13,17)18;8-13(11,12)7-1-2-10(5-7)6-3-9-4-6;;/h9-10H,4-8H2,1-3H3,(H2,13,17,18);6-7,9H,1-5H2,(H2,8,11,12);2*1H. The molecule has 0 aromatic heterocycles. The van der Waals surface area contributed by atoms with Crippen LogP contribution in [-0.4, -0.2) is 118 Å². The second-order valence-electron chi connectivity index (χ2n) is 10.3. The fraction of sp³-hybridized carbons (Fsp3) is 0.947. The molecule has 12 nitrogen and oxygen atoms in total. The largest absolute Gasteiger partial charge is 0.444 e. The van der Waals surface area contributed by atoms with Crippen LogP contribution in [0.15, 0.2) is 0 Å². The van der Waals surface area contributed by atoms with Crippen molar-refractivity contribution in [3.8, 4) is 0 Å². The Morgan fingerprint density at radius 2 is 1.26 bits per heavy atom. The lowest BCUT2D eigenvalue weighted by atomic mass is 10.1. The van der Waals surface area contributed by atoms with Gasteiger partial charge in [-0.2, -0.15) is 0 Å². The lowest BCUT2D eigenvalue weighted by molar-refractivity contribution is -0.0112. The van der Waals surface area contributed by atoms with Crippen LogP contribution >= 0.6 is 24.8 Å². The maximum atomic E-state index is 11.8. The van der Waals surface area contributed by atoms with E-state index in [0.717, 1.165) is 19.6 Å². The van der Waals surface area contributed by atoms with E-state index in [1.165, 1.54) is 0 Å². The number of carbonyl (C=O) groups excluding carboxylic acids is 1. The van der Waals surface area contributed by atoms with Crippen LogP contribution in [0, 0.1) is 0 Å². The zero-order valence-electron chi connectivity index (χ0n) is 20.5. The summed E-state index contributed by atoms with van der Waals surface area (Å²) in [6.45, 7) is 11.3. The van der Waals surface area contributed by atoms with Crippen molar-refractivity contribution in [2.24, 2.45) is 10.3 Å². The number of primary sulfonamides is 2. The van der Waals surface area contributed by atoms with Crippen LogP contribution in [0.2, 0.25) is 0 Å². The number of hydrogen-bond acceptors (Lipinski definition) is 9. The normalized spacial score (nSPS) is 26.5. The quantitative estimate of drug-likeness (QED) is 0.381. The van der Waals surface area contributed by atoms with Crippen molar-refractivity contribution in [2.75, 3.05) is 52.4 Å². The molecule has 0 saturated carbocycles. The Hall–Kier alpha value is -0.450. The van der Waals surface area contributed by atoms with Gasteiger partial charge in [0.2, 0.25) is 20.0 Å². The van der Waals surface area contributed by atoms with Gasteiger partial charge in [0.25, 0.3) is 0 Å². The first kappa shape index (κ1) is 32.6. The molecular formula is C19H40Cl2N6O6S2. The molecule has 0 radical (unpaired) electrons. The third-order valence-electron chi connectivity index (χ3n) is 6.59. The fourth-order valence-electron chi connectivity index (χ4n) is 4.40. The van der Waals surface area contributed by atoms with Crippen molar-refractivity contribution in [1.82, 2.24) is 20.0 Å². The van der Waals surface area contributed by atoms with Gasteiger partial charge in [0.15, 0.2) is 0 Å². The highest BCUT2D eigenvalue weighted by Crippen LogP contribution is 2.24. The molecule has 4 fully saturated rings. The van der Waals surface area contributed by atoms with E-state index in [1.54, 1.807) is 4.90 Å². The van der Waals surface area contributed by atoms with Gasteiger partial charge in [0.05, 0.1) is 10.5 Å². The second-order valence-corrected chi connectivity index (χ2v) is 14.0. The number of ether oxygens (including phenoxy) is 1. The van der Waals surface area contributed by atoms with Gasteiger partial charge in [0.1, 0.15) is 5.60 Å². The molecule has 0 spiro atoms. The van der Waals surface area contributed by atoms with Crippen LogP contribution in [0.4, 0.5) is 4.79 Å². The number of amides is 1. The minimum absolute atomic E-state index is 0. The van der Waals surface area contributed by atoms with Crippen LogP contribution < -0.4 is 15.6 Å². The highest BCUT2D eigenvalue weighted by molar-refractivity contribution is 7.90. The summed E-state index contributed by atoms with van der Waals surface area (Å²) in [7, 11) is -6.77. The van der Waals surface area contributed by atoms with Gasteiger partial charge in [-0.1, -0.05) is 0 Å². The number of carbonyl (C=O) groups is 1. The predicted molar refractivity (Wildman–Crippen MR) is 139 cm³/mol. The molecule has 208 valence electrons. The van der Waals surface area contributed by atoms with Gasteiger partial charge in [-0.3, -0.25) is 9.80 Å². The molecule has 0 bridgehead atoms. The summed E-state index contributed by atoms with van der Waals surface area (Å²) in [5, 5.41) is 12.6. The Morgan fingerprint density at radius 1 is 0.829 bits per heavy atom. The number of sulfonamides is 2. The summed E-state index contributed by atoms with van der Waals surface area (Å²) in [6, 6.07) is 0.751. The summed E-state index contributed by atoms with van der Waals surface area (Å²) >= 11 is 0. The van der Waals surface area contributed by atoms with Crippen LogP contribution in [0.3, 0.4) is 0 Å². The van der Waals surface area contributed by atoms with E-state index in [9.17, 15) is 21.6 Å². The molecule has 4 rings (SSSR count). The fourth-order valence-corrected chi connectivity index (χ4v) is 6.07. The lowest BCUT2D eigenvalue weighted by Crippen LogP contribution is -2.61. The predicted octanol–water partition coefficient (Wildman–Crippen LogP) is -0.867. The average molecular weight is 584 g/mol. The van der Waals surface area contributed by atoms with Crippen LogP contribution in [0.5, 0.6) is 0 Å². The summed E-state index contributed by atoms with van der Waals surface area (Å²) in [5.41, 5.74) is -0.492. The first-order valence-electron chi connectivity index (χ1n) is 11.3. The second kappa shape index (κ2) is 12.4. The molecule has 16 heteroatoms. The Balaban J connectivity index is 0.000000356. The molecule has 35 heavy (non-hydrogen) atoms. The number of nitrogens with zero attached hydrogens (tertiary/aromatic N) is 3. The molecule has 5 N–H and O–H groups in total. The molecule has 4 aliphatic rings. The lowest BCUT2D eigenvalue weighted by Gasteiger charge is -2.44.